The molecule has 0 aliphatic heterocycles. The van der Waals surface area contributed by atoms with Crippen LogP contribution >= 0.6 is 0 Å². The average molecular weight is 229 g/mol. The minimum Gasteiger partial charge on any atom is -0.382 e. The highest BCUT2D eigenvalue weighted by atomic mass is 16.5. The Morgan fingerprint density at radius 2 is 2.19 bits per heavy atom. The van der Waals surface area contributed by atoms with Gasteiger partial charge in [0.2, 0.25) is 5.91 Å². The van der Waals surface area contributed by atoms with Crippen LogP contribution in [0.15, 0.2) is 0 Å². The molecule has 0 aromatic rings. The summed E-state index contributed by atoms with van der Waals surface area (Å²) in [5.74, 6) is 0.726. The Labute approximate surface area is 97.7 Å². The smallest absolute Gasteiger partial charge is 0.246 e. The van der Waals surface area contributed by atoms with Crippen molar-refractivity contribution in [1.82, 2.24) is 5.32 Å². The maximum Gasteiger partial charge on any atom is 0.246 e. The van der Waals surface area contributed by atoms with E-state index in [0.717, 1.165) is 18.8 Å². The van der Waals surface area contributed by atoms with Crippen molar-refractivity contribution in [2.24, 2.45) is 5.92 Å². The molecule has 0 spiro atoms. The second-order valence-electron chi connectivity index (χ2n) is 4.58. The zero-order chi connectivity index (χ0) is 11.8. The molecule has 1 aliphatic rings. The van der Waals surface area contributed by atoms with Gasteiger partial charge in [-0.05, 0) is 18.8 Å². The first-order valence-electron chi connectivity index (χ1n) is 6.08. The van der Waals surface area contributed by atoms with Gasteiger partial charge in [-0.15, -0.1) is 0 Å². The largest absolute Gasteiger partial charge is 0.382 e. The van der Waals surface area contributed by atoms with Crippen molar-refractivity contribution >= 4 is 5.91 Å². The van der Waals surface area contributed by atoms with Crippen molar-refractivity contribution < 1.29 is 14.3 Å². The lowest BCUT2D eigenvalue weighted by Crippen LogP contribution is -2.40. The standard InChI is InChI=1S/C12H23NO3/c1-10-4-3-5-11(8-10)13-12(14)9-16-7-6-15-2/h10-11H,3-9H2,1-2H3,(H,13,14)/t10-,11+/m0/s1. The molecule has 0 heterocycles. The molecule has 94 valence electrons. The summed E-state index contributed by atoms with van der Waals surface area (Å²) >= 11 is 0. The number of hydrogen-bond donors (Lipinski definition) is 1. The van der Waals surface area contributed by atoms with Crippen LogP contribution in [0.5, 0.6) is 0 Å². The Kier molecular flexibility index (Phi) is 6.42. The summed E-state index contributed by atoms with van der Waals surface area (Å²) in [7, 11) is 1.62. The third-order valence-electron chi connectivity index (χ3n) is 2.97. The molecule has 4 nitrogen and oxygen atoms in total. The Bertz CT molecular complexity index is 208. The van der Waals surface area contributed by atoms with Crippen LogP contribution in [0.1, 0.15) is 32.6 Å². The van der Waals surface area contributed by atoms with Crippen molar-refractivity contribution in [3.8, 4) is 0 Å². The van der Waals surface area contributed by atoms with Crippen molar-refractivity contribution in [3.05, 3.63) is 0 Å². The highest BCUT2D eigenvalue weighted by molar-refractivity contribution is 5.77. The molecule has 4 heteroatoms. The van der Waals surface area contributed by atoms with Gasteiger partial charge in [0.05, 0.1) is 13.2 Å². The van der Waals surface area contributed by atoms with Gasteiger partial charge in [0.15, 0.2) is 0 Å². The highest BCUT2D eigenvalue weighted by Gasteiger charge is 2.20. The molecular weight excluding hydrogens is 206 g/mol. The summed E-state index contributed by atoms with van der Waals surface area (Å²) in [6.45, 7) is 3.40. The van der Waals surface area contributed by atoms with Gasteiger partial charge in [-0.25, -0.2) is 0 Å². The van der Waals surface area contributed by atoms with Gasteiger partial charge in [-0.2, -0.15) is 0 Å². The van der Waals surface area contributed by atoms with Crippen LogP contribution < -0.4 is 5.32 Å². The fourth-order valence-electron chi connectivity index (χ4n) is 2.14. The Morgan fingerprint density at radius 3 is 2.88 bits per heavy atom. The first kappa shape index (κ1) is 13.5. The molecule has 1 N–H and O–H groups in total. The number of nitrogens with one attached hydrogen (secondary N) is 1. The average Bonchev–Trinajstić information content (AvgIpc) is 2.24. The molecule has 2 atom stereocenters. The van der Waals surface area contributed by atoms with Gasteiger partial charge in [-0.1, -0.05) is 19.8 Å². The third kappa shape index (κ3) is 5.47. The second-order valence-corrected chi connectivity index (χ2v) is 4.58. The van der Waals surface area contributed by atoms with E-state index >= 15 is 0 Å². The predicted octanol–water partition coefficient (Wildman–Crippen LogP) is 1.34. The number of carbonyl (C=O) groups excluding carboxylic acids is 1. The second kappa shape index (κ2) is 7.63. The van der Waals surface area contributed by atoms with Crippen molar-refractivity contribution in [3.63, 3.8) is 0 Å². The van der Waals surface area contributed by atoms with E-state index in [1.54, 1.807) is 7.11 Å². The van der Waals surface area contributed by atoms with E-state index in [0.29, 0.717) is 19.3 Å². The van der Waals surface area contributed by atoms with Crippen molar-refractivity contribution in [2.75, 3.05) is 26.9 Å². The molecule has 1 saturated carbocycles. The molecule has 0 radical (unpaired) electrons. The minimum atomic E-state index is -0.00444. The van der Waals surface area contributed by atoms with Crippen LogP contribution in [0, 0.1) is 5.92 Å². The summed E-state index contributed by atoms with van der Waals surface area (Å²) in [4.78, 5) is 11.5. The molecule has 0 aromatic heterocycles. The molecule has 1 amide bonds. The zero-order valence-corrected chi connectivity index (χ0v) is 10.3. The Morgan fingerprint density at radius 1 is 1.38 bits per heavy atom. The van der Waals surface area contributed by atoms with Gasteiger partial charge in [0.25, 0.3) is 0 Å². The Hall–Kier alpha value is -0.610. The molecular formula is C12H23NO3. The van der Waals surface area contributed by atoms with Gasteiger partial charge in [0, 0.05) is 13.2 Å². The zero-order valence-electron chi connectivity index (χ0n) is 10.3. The van der Waals surface area contributed by atoms with Crippen molar-refractivity contribution in [1.29, 1.82) is 0 Å². The van der Waals surface area contributed by atoms with Crippen molar-refractivity contribution in [2.45, 2.75) is 38.6 Å². The lowest BCUT2D eigenvalue weighted by molar-refractivity contribution is -0.127. The van der Waals surface area contributed by atoms with E-state index in [4.69, 9.17) is 9.47 Å². The molecule has 1 rings (SSSR count). The molecule has 0 aromatic carbocycles. The van der Waals surface area contributed by atoms with Gasteiger partial charge in [-0.3, -0.25) is 4.79 Å². The molecule has 0 saturated heterocycles. The fourth-order valence-corrected chi connectivity index (χ4v) is 2.14. The lowest BCUT2D eigenvalue weighted by Gasteiger charge is -2.27. The van der Waals surface area contributed by atoms with E-state index in [1.807, 2.05) is 0 Å². The van der Waals surface area contributed by atoms with Crippen LogP contribution in [-0.2, 0) is 14.3 Å². The SMILES string of the molecule is COCCOCC(=O)N[C@@H]1CCC[C@H](C)C1. The summed E-state index contributed by atoms with van der Waals surface area (Å²) in [5, 5.41) is 3.02. The Balaban J connectivity index is 2.08. The molecule has 16 heavy (non-hydrogen) atoms. The van der Waals surface area contributed by atoms with E-state index < -0.39 is 0 Å². The quantitative estimate of drug-likeness (QED) is 0.699. The summed E-state index contributed by atoms with van der Waals surface area (Å²) in [5.41, 5.74) is 0. The number of amides is 1. The number of hydrogen-bond acceptors (Lipinski definition) is 3. The van der Waals surface area contributed by atoms with E-state index in [2.05, 4.69) is 12.2 Å². The number of methoxy groups -OCH3 is 1. The van der Waals surface area contributed by atoms with Gasteiger partial charge >= 0.3 is 0 Å². The van der Waals surface area contributed by atoms with E-state index in [9.17, 15) is 4.79 Å². The first-order valence-corrected chi connectivity index (χ1v) is 6.08. The molecule has 0 unspecified atom stereocenters. The first-order chi connectivity index (χ1) is 7.72. The van der Waals surface area contributed by atoms with E-state index in [1.165, 1.54) is 12.8 Å². The van der Waals surface area contributed by atoms with Crippen LogP contribution in [0.4, 0.5) is 0 Å². The van der Waals surface area contributed by atoms with E-state index in [-0.39, 0.29) is 12.5 Å². The lowest BCUT2D eigenvalue weighted by atomic mass is 9.87. The number of rotatable bonds is 6. The maximum absolute atomic E-state index is 11.5. The predicted molar refractivity (Wildman–Crippen MR) is 62.3 cm³/mol. The van der Waals surface area contributed by atoms with Crippen LogP contribution in [0.25, 0.3) is 0 Å². The normalized spacial score (nSPS) is 25.4. The van der Waals surface area contributed by atoms with Gasteiger partial charge in [0.1, 0.15) is 6.61 Å². The fraction of sp³-hybridized carbons (Fsp3) is 0.917. The van der Waals surface area contributed by atoms with Crippen LogP contribution in [0.2, 0.25) is 0 Å². The monoisotopic (exact) mass is 229 g/mol. The topological polar surface area (TPSA) is 47.6 Å². The molecule has 1 fully saturated rings. The summed E-state index contributed by atoms with van der Waals surface area (Å²) in [6.07, 6.45) is 4.71. The molecule has 0 bridgehead atoms. The van der Waals surface area contributed by atoms with Gasteiger partial charge < -0.3 is 14.8 Å². The number of ether oxygens (including phenoxy) is 2. The summed E-state index contributed by atoms with van der Waals surface area (Å²) < 4.78 is 10.00. The van der Waals surface area contributed by atoms with Crippen LogP contribution in [-0.4, -0.2) is 38.9 Å². The maximum atomic E-state index is 11.5. The summed E-state index contributed by atoms with van der Waals surface area (Å²) in [6, 6.07) is 0.349. The number of carbonyl (C=O) groups is 1. The van der Waals surface area contributed by atoms with Crippen LogP contribution in [0.3, 0.4) is 0 Å². The molecule has 1 aliphatic carbocycles. The minimum absolute atomic E-state index is 0.00444. The highest BCUT2D eigenvalue weighted by Crippen LogP contribution is 2.23. The third-order valence-corrected chi connectivity index (χ3v) is 2.97.